The second kappa shape index (κ2) is 4.92. The second-order valence-electron chi connectivity index (χ2n) is 3.43. The Morgan fingerprint density at radius 3 is 2.94 bits per heavy atom. The van der Waals surface area contributed by atoms with E-state index in [4.69, 9.17) is 0 Å². The maximum absolute atomic E-state index is 11.9. The van der Waals surface area contributed by atoms with Gasteiger partial charge < -0.3 is 5.32 Å². The number of hydrogen-bond acceptors (Lipinski definition) is 5. The van der Waals surface area contributed by atoms with E-state index in [2.05, 4.69) is 20.6 Å². The van der Waals surface area contributed by atoms with Crippen LogP contribution in [0.15, 0.2) is 23.7 Å². The largest absolute Gasteiger partial charge is 0.388 e. The van der Waals surface area contributed by atoms with Crippen LogP contribution in [0.1, 0.15) is 16.2 Å². The highest BCUT2D eigenvalue weighted by Gasteiger charge is 2.09. The molecule has 0 aliphatic rings. The number of pyridine rings is 1. The number of carbonyl (C=O) groups is 1. The zero-order chi connectivity index (χ0) is 12.3. The highest BCUT2D eigenvalue weighted by Crippen LogP contribution is 2.15. The quantitative estimate of drug-likeness (QED) is 0.873. The van der Waals surface area contributed by atoms with Crippen molar-refractivity contribution in [3.63, 3.8) is 0 Å². The molecule has 1 amide bonds. The van der Waals surface area contributed by atoms with Crippen molar-refractivity contribution in [1.29, 1.82) is 0 Å². The van der Waals surface area contributed by atoms with E-state index in [-0.39, 0.29) is 5.91 Å². The lowest BCUT2D eigenvalue weighted by atomic mass is 10.3. The van der Waals surface area contributed by atoms with Crippen LogP contribution in [0.5, 0.6) is 0 Å². The molecule has 0 unspecified atom stereocenters. The van der Waals surface area contributed by atoms with E-state index >= 15 is 0 Å². The molecule has 88 valence electrons. The van der Waals surface area contributed by atoms with E-state index in [0.29, 0.717) is 10.8 Å². The van der Waals surface area contributed by atoms with E-state index in [1.54, 1.807) is 25.4 Å². The molecule has 6 heteroatoms. The van der Waals surface area contributed by atoms with Crippen molar-refractivity contribution in [2.45, 2.75) is 6.92 Å². The standard InChI is InChI=1S/C11H12N4OS/c1-7-6-17-11(14-7)15-10(16)9-5-8(12-2)3-4-13-9/h3-6H,1-2H3,(H,12,13)(H,14,15,16). The molecule has 0 aromatic carbocycles. The maximum Gasteiger partial charge on any atom is 0.276 e. The van der Waals surface area contributed by atoms with Crippen LogP contribution in [-0.4, -0.2) is 22.9 Å². The zero-order valence-electron chi connectivity index (χ0n) is 9.52. The smallest absolute Gasteiger partial charge is 0.276 e. The molecule has 0 saturated heterocycles. The summed E-state index contributed by atoms with van der Waals surface area (Å²) in [4.78, 5) is 20.0. The first-order chi connectivity index (χ1) is 8.19. The summed E-state index contributed by atoms with van der Waals surface area (Å²) >= 11 is 1.40. The van der Waals surface area contributed by atoms with Crippen LogP contribution in [0.4, 0.5) is 10.8 Å². The fraction of sp³-hybridized carbons (Fsp3) is 0.182. The molecule has 2 aromatic heterocycles. The van der Waals surface area contributed by atoms with Crippen LogP contribution < -0.4 is 10.6 Å². The Hall–Kier alpha value is -1.95. The Kier molecular flexibility index (Phi) is 3.34. The van der Waals surface area contributed by atoms with E-state index in [1.165, 1.54) is 11.3 Å². The summed E-state index contributed by atoms with van der Waals surface area (Å²) < 4.78 is 0. The molecule has 0 atom stereocenters. The van der Waals surface area contributed by atoms with Crippen LogP contribution >= 0.6 is 11.3 Å². The average molecular weight is 248 g/mol. The first kappa shape index (κ1) is 11.5. The molecule has 0 fully saturated rings. The van der Waals surface area contributed by atoms with Crippen molar-refractivity contribution in [2.24, 2.45) is 0 Å². The van der Waals surface area contributed by atoms with Crippen molar-refractivity contribution >= 4 is 28.1 Å². The summed E-state index contributed by atoms with van der Waals surface area (Å²) in [7, 11) is 1.79. The molecule has 17 heavy (non-hydrogen) atoms. The average Bonchev–Trinajstić information content (AvgIpc) is 2.75. The number of thiazole rings is 1. The number of amides is 1. The monoisotopic (exact) mass is 248 g/mol. The highest BCUT2D eigenvalue weighted by atomic mass is 32.1. The van der Waals surface area contributed by atoms with Crippen LogP contribution in [0.2, 0.25) is 0 Å². The number of anilines is 2. The molecule has 0 saturated carbocycles. The van der Waals surface area contributed by atoms with Crippen LogP contribution in [0.3, 0.4) is 0 Å². The summed E-state index contributed by atoms with van der Waals surface area (Å²) in [5, 5.41) is 8.13. The van der Waals surface area contributed by atoms with Gasteiger partial charge in [-0.05, 0) is 19.1 Å². The summed E-state index contributed by atoms with van der Waals surface area (Å²) in [6.07, 6.45) is 1.59. The van der Waals surface area contributed by atoms with Crippen molar-refractivity contribution in [3.05, 3.63) is 35.1 Å². The summed E-state index contributed by atoms with van der Waals surface area (Å²) in [5.41, 5.74) is 2.10. The van der Waals surface area contributed by atoms with Crippen molar-refractivity contribution in [3.8, 4) is 0 Å². The highest BCUT2D eigenvalue weighted by molar-refractivity contribution is 7.13. The van der Waals surface area contributed by atoms with Crippen LogP contribution in [0.25, 0.3) is 0 Å². The van der Waals surface area contributed by atoms with Gasteiger partial charge in [-0.3, -0.25) is 15.1 Å². The minimum absolute atomic E-state index is 0.253. The minimum atomic E-state index is -0.253. The summed E-state index contributed by atoms with van der Waals surface area (Å²) in [6, 6.07) is 3.49. The molecule has 2 heterocycles. The van der Waals surface area contributed by atoms with Gasteiger partial charge in [-0.1, -0.05) is 0 Å². The fourth-order valence-electron chi connectivity index (χ4n) is 1.28. The van der Waals surface area contributed by atoms with Gasteiger partial charge in [-0.25, -0.2) is 4.98 Å². The molecular formula is C11H12N4OS. The Bertz CT molecular complexity index is 538. The summed E-state index contributed by atoms with van der Waals surface area (Å²) in [5.74, 6) is -0.253. The van der Waals surface area contributed by atoms with Crippen molar-refractivity contribution < 1.29 is 4.79 Å². The Morgan fingerprint density at radius 2 is 2.29 bits per heavy atom. The maximum atomic E-state index is 11.9. The number of nitrogens with one attached hydrogen (secondary N) is 2. The second-order valence-corrected chi connectivity index (χ2v) is 4.29. The lowest BCUT2D eigenvalue weighted by Crippen LogP contribution is -2.13. The summed E-state index contributed by atoms with van der Waals surface area (Å²) in [6.45, 7) is 1.88. The first-order valence-corrected chi connectivity index (χ1v) is 5.94. The van der Waals surface area contributed by atoms with E-state index in [0.717, 1.165) is 11.4 Å². The van der Waals surface area contributed by atoms with Crippen molar-refractivity contribution in [2.75, 3.05) is 17.7 Å². The van der Waals surface area contributed by atoms with Gasteiger partial charge in [0.25, 0.3) is 5.91 Å². The van der Waals surface area contributed by atoms with Gasteiger partial charge in [0.2, 0.25) is 0 Å². The van der Waals surface area contributed by atoms with E-state index in [9.17, 15) is 4.79 Å². The third-order valence-corrected chi connectivity index (χ3v) is 3.00. The minimum Gasteiger partial charge on any atom is -0.388 e. The Morgan fingerprint density at radius 1 is 1.47 bits per heavy atom. The number of aromatic nitrogens is 2. The van der Waals surface area contributed by atoms with Gasteiger partial charge in [-0.15, -0.1) is 11.3 Å². The van der Waals surface area contributed by atoms with E-state index in [1.807, 2.05) is 12.3 Å². The molecule has 2 aromatic rings. The molecule has 2 rings (SSSR count). The fourth-order valence-corrected chi connectivity index (χ4v) is 1.97. The predicted octanol–water partition coefficient (Wildman–Crippen LogP) is 2.14. The molecule has 0 aliphatic heterocycles. The van der Waals surface area contributed by atoms with Gasteiger partial charge in [0.05, 0.1) is 5.69 Å². The third kappa shape index (κ3) is 2.79. The Balaban J connectivity index is 2.14. The van der Waals surface area contributed by atoms with Crippen LogP contribution in [0, 0.1) is 6.92 Å². The molecular weight excluding hydrogens is 236 g/mol. The van der Waals surface area contributed by atoms with Crippen molar-refractivity contribution in [1.82, 2.24) is 9.97 Å². The van der Waals surface area contributed by atoms with Gasteiger partial charge in [0.1, 0.15) is 5.69 Å². The first-order valence-electron chi connectivity index (χ1n) is 5.06. The van der Waals surface area contributed by atoms with Crippen LogP contribution in [-0.2, 0) is 0 Å². The molecule has 5 nitrogen and oxygen atoms in total. The predicted molar refractivity (Wildman–Crippen MR) is 68.6 cm³/mol. The number of nitrogens with zero attached hydrogens (tertiary/aromatic N) is 2. The number of hydrogen-bond donors (Lipinski definition) is 2. The molecule has 0 aliphatic carbocycles. The number of aryl methyl sites for hydroxylation is 1. The number of rotatable bonds is 3. The molecule has 0 radical (unpaired) electrons. The zero-order valence-corrected chi connectivity index (χ0v) is 10.3. The lowest BCUT2D eigenvalue weighted by molar-refractivity contribution is 0.102. The normalized spacial score (nSPS) is 10.0. The Labute approximate surface area is 103 Å². The van der Waals surface area contributed by atoms with Gasteiger partial charge >= 0.3 is 0 Å². The third-order valence-electron chi connectivity index (χ3n) is 2.12. The SMILES string of the molecule is CNc1ccnc(C(=O)Nc2nc(C)cs2)c1. The van der Waals surface area contributed by atoms with Gasteiger partial charge in [0, 0.05) is 24.3 Å². The van der Waals surface area contributed by atoms with Gasteiger partial charge in [0.15, 0.2) is 5.13 Å². The molecule has 0 spiro atoms. The topological polar surface area (TPSA) is 66.9 Å². The number of carbonyl (C=O) groups excluding carboxylic acids is 1. The van der Waals surface area contributed by atoms with Gasteiger partial charge in [-0.2, -0.15) is 0 Å². The van der Waals surface area contributed by atoms with E-state index < -0.39 is 0 Å². The molecule has 0 bridgehead atoms. The molecule has 2 N–H and O–H groups in total. The lowest BCUT2D eigenvalue weighted by Gasteiger charge is -2.03.